The zero-order valence-electron chi connectivity index (χ0n) is 35.5. The van der Waals surface area contributed by atoms with Crippen LogP contribution in [-0.2, 0) is 31.3 Å². The van der Waals surface area contributed by atoms with E-state index in [2.05, 4.69) is 0 Å². The maximum atomic E-state index is 14.5. The van der Waals surface area contributed by atoms with E-state index in [0.29, 0.717) is 11.1 Å². The second-order valence-corrected chi connectivity index (χ2v) is 16.3. The molecule has 30 nitrogen and oxygen atoms in total. The molecule has 382 valence electrons. The van der Waals surface area contributed by atoms with Crippen molar-refractivity contribution in [2.24, 2.45) is 0 Å². The molecule has 2 saturated heterocycles. The maximum absolute atomic E-state index is 14.5. The van der Waals surface area contributed by atoms with Crippen molar-refractivity contribution in [1.29, 1.82) is 0 Å². The number of hydrogen-bond acceptors (Lipinski definition) is 27. The number of phenolic OH excluding ortho intramolecular Hbond substituents is 5. The first-order chi connectivity index (χ1) is 31.4. The third kappa shape index (κ3) is 9.59. The second kappa shape index (κ2) is 18.2. The van der Waals surface area contributed by atoms with Gasteiger partial charge < -0.3 is 127 Å². The number of rotatable bonds is 19. The molecule has 2 heterocycles. The number of aryl methyl sites for hydroxylation is 2. The van der Waals surface area contributed by atoms with Gasteiger partial charge in [-0.3, -0.25) is 14.9 Å². The first-order valence-electron chi connectivity index (χ1n) is 19.7. The zero-order valence-corrected chi connectivity index (χ0v) is 35.5. The fourth-order valence-corrected chi connectivity index (χ4v) is 7.52. The number of aromatic hydroxyl groups is 5. The van der Waals surface area contributed by atoms with E-state index in [1.807, 2.05) is 5.32 Å². The Bertz CT molecular complexity index is 2370. The molecule has 30 heteroatoms. The summed E-state index contributed by atoms with van der Waals surface area (Å²) < 4.78 is 15.3. The zero-order chi connectivity index (χ0) is 52.4. The first-order valence-corrected chi connectivity index (χ1v) is 19.7. The smallest absolute Gasteiger partial charge is 0.328 e. The van der Waals surface area contributed by atoms with E-state index in [0.717, 1.165) is 5.32 Å². The number of carbonyl (C=O) groups is 3. The number of epoxide rings is 1. The van der Waals surface area contributed by atoms with Crippen molar-refractivity contribution in [3.8, 4) is 34.5 Å². The van der Waals surface area contributed by atoms with Crippen molar-refractivity contribution in [2.75, 3.05) is 6.61 Å². The van der Waals surface area contributed by atoms with Gasteiger partial charge >= 0.3 is 35.6 Å². The number of phenols is 5. The summed E-state index contributed by atoms with van der Waals surface area (Å²) in [6, 6.07) is 7.35. The Morgan fingerprint density at radius 1 is 0.783 bits per heavy atom. The summed E-state index contributed by atoms with van der Waals surface area (Å²) in [6.07, 6.45) is -13.3. The fourth-order valence-electron chi connectivity index (χ4n) is 7.52. The van der Waals surface area contributed by atoms with Crippen LogP contribution in [0.3, 0.4) is 0 Å². The van der Waals surface area contributed by atoms with Crippen molar-refractivity contribution in [3.63, 3.8) is 0 Å². The van der Waals surface area contributed by atoms with Crippen LogP contribution in [0.15, 0.2) is 48.5 Å². The number of Topliss-reactive ketones (excluding diaryl/α,β-unsaturated/α-hetero) is 1. The Hall–Kier alpha value is -5.85. The van der Waals surface area contributed by atoms with Crippen LogP contribution in [0.1, 0.15) is 35.1 Å². The lowest BCUT2D eigenvalue weighted by atomic mass is 9.75. The lowest BCUT2D eigenvalue weighted by Gasteiger charge is -2.52. The van der Waals surface area contributed by atoms with Crippen LogP contribution in [0, 0.1) is 13.8 Å². The van der Waals surface area contributed by atoms with Gasteiger partial charge in [-0.25, -0.2) is 9.69 Å². The number of nitrogens with one attached hydrogen (secondary N) is 2. The average Bonchev–Trinajstić information content (AvgIpc) is 3.93. The third-order valence-electron chi connectivity index (χ3n) is 11.2. The Morgan fingerprint density at radius 2 is 1.29 bits per heavy atom. The van der Waals surface area contributed by atoms with E-state index in [4.69, 9.17) is 14.2 Å². The van der Waals surface area contributed by atoms with Gasteiger partial charge in [0, 0.05) is 12.5 Å². The number of amides is 3. The first kappa shape index (κ1) is 54.1. The number of benzene rings is 3. The molecule has 0 radical (unpaired) electrons. The molecule has 23 N–H and O–H groups in total. The molecule has 5 rings (SSSR count). The summed E-state index contributed by atoms with van der Waals surface area (Å²) in [5.41, 5.74) is -8.62. The number of carbonyl (C=O) groups excluding carboxylic acids is 3. The highest BCUT2D eigenvalue weighted by Crippen LogP contribution is 2.56. The molecule has 0 saturated carbocycles. The normalized spacial score (nSPS) is 21.8. The lowest BCUT2D eigenvalue weighted by molar-refractivity contribution is -0.499. The Morgan fingerprint density at radius 3 is 1.80 bits per heavy atom. The Labute approximate surface area is 385 Å². The van der Waals surface area contributed by atoms with E-state index in [1.54, 1.807) is 32.0 Å². The van der Waals surface area contributed by atoms with Gasteiger partial charge in [-0.1, -0.05) is 48.5 Å². The van der Waals surface area contributed by atoms with E-state index in [1.165, 1.54) is 30.3 Å². The number of nitrogens with zero attached hydrogens (tertiary/aromatic N) is 1. The van der Waals surface area contributed by atoms with Crippen LogP contribution in [0.25, 0.3) is 0 Å². The van der Waals surface area contributed by atoms with Gasteiger partial charge in [0.15, 0.2) is 22.9 Å². The quantitative estimate of drug-likeness (QED) is 0.0229. The summed E-state index contributed by atoms with van der Waals surface area (Å²) in [7, 11) is 0. The molecule has 69 heavy (non-hydrogen) atoms. The van der Waals surface area contributed by atoms with Crippen LogP contribution < -0.4 is 15.4 Å². The number of para-hydroxylation sites is 1. The highest BCUT2D eigenvalue weighted by Gasteiger charge is 2.83. The van der Waals surface area contributed by atoms with Crippen LogP contribution in [0.2, 0.25) is 0 Å². The van der Waals surface area contributed by atoms with Crippen molar-refractivity contribution >= 4 is 17.7 Å². The molecule has 0 aromatic heterocycles. The Kier molecular flexibility index (Phi) is 14.2. The number of ketones is 1. The number of aliphatic hydroxyl groups excluding tert-OH is 1. The van der Waals surface area contributed by atoms with Gasteiger partial charge in [0.2, 0.25) is 35.4 Å². The van der Waals surface area contributed by atoms with Gasteiger partial charge in [-0.2, -0.15) is 0 Å². The minimum atomic E-state index is -4.90. The molecule has 5 atom stereocenters. The summed E-state index contributed by atoms with van der Waals surface area (Å²) in [5.74, 6) is -39.9. The highest BCUT2D eigenvalue weighted by molar-refractivity contribution is 5.93. The van der Waals surface area contributed by atoms with Crippen LogP contribution in [-0.4, -0.2) is 202 Å². The number of hydrogen-bond donors (Lipinski definition) is 23. The van der Waals surface area contributed by atoms with E-state index in [-0.39, 0.29) is 11.3 Å². The number of urea groups is 1. The predicted octanol–water partition coefficient (Wildman–Crippen LogP) is -8.10. The molecule has 0 aliphatic carbocycles. The van der Waals surface area contributed by atoms with Gasteiger partial charge in [-0.05, 0) is 43.4 Å². The molecule has 3 amide bonds. The minimum absolute atomic E-state index is 0.124. The molecular formula is C39H49N3O27. The lowest BCUT2D eigenvalue weighted by Crippen LogP contribution is -2.87. The van der Waals surface area contributed by atoms with Crippen molar-refractivity contribution in [1.82, 2.24) is 15.5 Å². The van der Waals surface area contributed by atoms with Crippen molar-refractivity contribution in [2.45, 2.75) is 104 Å². The largest absolute Gasteiger partial charge is 0.504 e. The van der Waals surface area contributed by atoms with Crippen LogP contribution in [0.5, 0.6) is 34.5 Å². The molecular weight excluding hydrogens is 942 g/mol. The van der Waals surface area contributed by atoms with Crippen LogP contribution in [0.4, 0.5) is 4.79 Å². The molecule has 2 aliphatic heterocycles. The van der Waals surface area contributed by atoms with Crippen LogP contribution >= 0.6 is 0 Å². The monoisotopic (exact) mass is 991 g/mol. The van der Waals surface area contributed by atoms with Gasteiger partial charge in [0.25, 0.3) is 11.6 Å². The maximum Gasteiger partial charge on any atom is 0.328 e. The summed E-state index contributed by atoms with van der Waals surface area (Å²) >= 11 is 0. The molecule has 5 unspecified atom stereocenters. The third-order valence-corrected chi connectivity index (χ3v) is 11.2. The number of ether oxygens (including phenoxy) is 3. The predicted molar refractivity (Wildman–Crippen MR) is 213 cm³/mol. The van der Waals surface area contributed by atoms with Gasteiger partial charge in [0.1, 0.15) is 17.9 Å². The molecule has 2 fully saturated rings. The van der Waals surface area contributed by atoms with Crippen molar-refractivity contribution < 1.29 is 136 Å². The summed E-state index contributed by atoms with van der Waals surface area (Å²) in [4.78, 5) is 40.7. The molecule has 0 bridgehead atoms. The molecule has 0 spiro atoms. The van der Waals surface area contributed by atoms with Crippen molar-refractivity contribution in [3.05, 3.63) is 70.8 Å². The molecule has 3 aromatic carbocycles. The van der Waals surface area contributed by atoms with Gasteiger partial charge in [-0.15, -0.1) is 0 Å². The van der Waals surface area contributed by atoms with E-state index < -0.39 is 154 Å². The summed E-state index contributed by atoms with van der Waals surface area (Å²) in [5, 5.41) is 224. The second-order valence-electron chi connectivity index (χ2n) is 16.3. The Balaban J connectivity index is 1.64. The molecule has 3 aromatic rings. The number of aliphatic hydroxyl groups is 16. The SMILES string of the molecule is Cc1cccc(C)c1OCC(=O)CC(O)(C(O)CC(Cc1ccccc1)NC(=O)C1(N2C(=O)NC(O)(O)C(O)(O)C2(O)O)OC1OC(C(O)(O)O)C(O)(O)O)C(O)(O)c1c(O)c(O)c(O)c(O)c1O. The standard InChI is InChI=1S/C39H49N3O27/c1-15-7-6-8-16(2)27(15)67-14-19(43)13-32(52,34(53,54)21-22(45)24(47)26(49)25(48)23(21)46)20(44)12-18(11-17-9-4-3-5-10-17)40-29(50)33(30(69-33)68-28(35(55,56)57)36(58,59)60)42-31(51)41-38(63,64)37(61,62)39(42,65)66/h3-10,18,20,28,30,44-49,52-66H,11-14H2,1-2H3,(H,40,50)(H,41,51). The molecule has 2 aliphatic rings. The van der Waals surface area contributed by atoms with E-state index in [9.17, 15) is 122 Å². The highest BCUT2D eigenvalue weighted by atomic mass is 16.8. The summed E-state index contributed by atoms with van der Waals surface area (Å²) in [6.45, 7) is 2.11. The topological polar surface area (TPSA) is 534 Å². The van der Waals surface area contributed by atoms with Gasteiger partial charge in [0.05, 0.1) is 6.10 Å². The average molecular weight is 992 g/mol. The van der Waals surface area contributed by atoms with E-state index >= 15 is 0 Å². The minimum Gasteiger partial charge on any atom is -0.504 e. The fraction of sp³-hybridized carbons (Fsp3) is 0.462.